The molecule has 0 atom stereocenters. The highest BCUT2D eigenvalue weighted by molar-refractivity contribution is 5.58. The average Bonchev–Trinajstić information content (AvgIpc) is 2.42. The fourth-order valence-corrected chi connectivity index (χ4v) is 1.69. The molecule has 2 rings (SSSR count). The molecule has 19 heavy (non-hydrogen) atoms. The number of nitrogens with zero attached hydrogens (tertiary/aromatic N) is 1. The number of anilines is 1. The number of benzene rings is 1. The minimum absolute atomic E-state index is 0.442. The van der Waals surface area contributed by atoms with Crippen molar-refractivity contribution < 1.29 is 9.47 Å². The van der Waals surface area contributed by atoms with Crippen LogP contribution in [-0.2, 0) is 0 Å². The van der Waals surface area contributed by atoms with E-state index in [0.717, 1.165) is 12.0 Å². The molecule has 2 N–H and O–H groups in total. The van der Waals surface area contributed by atoms with E-state index in [1.165, 1.54) is 0 Å². The molecule has 0 radical (unpaired) electrons. The Hall–Kier alpha value is -2.23. The van der Waals surface area contributed by atoms with Gasteiger partial charge < -0.3 is 15.2 Å². The van der Waals surface area contributed by atoms with Crippen LogP contribution in [0.1, 0.15) is 18.9 Å². The van der Waals surface area contributed by atoms with Crippen LogP contribution in [0.5, 0.6) is 17.4 Å². The van der Waals surface area contributed by atoms with Gasteiger partial charge in [0.05, 0.1) is 12.3 Å². The summed E-state index contributed by atoms with van der Waals surface area (Å²) in [6, 6.07) is 9.30. The topological polar surface area (TPSA) is 57.4 Å². The molecule has 0 saturated carbocycles. The summed E-state index contributed by atoms with van der Waals surface area (Å²) in [5, 5.41) is 0. The molecule has 0 bridgehead atoms. The molecule has 1 aromatic carbocycles. The number of rotatable bonds is 5. The first-order valence-electron chi connectivity index (χ1n) is 6.33. The zero-order chi connectivity index (χ0) is 13.7. The largest absolute Gasteiger partial charge is 0.488 e. The van der Waals surface area contributed by atoms with E-state index in [4.69, 9.17) is 15.2 Å². The zero-order valence-electron chi connectivity index (χ0n) is 11.2. The van der Waals surface area contributed by atoms with Crippen molar-refractivity contribution in [3.63, 3.8) is 0 Å². The van der Waals surface area contributed by atoms with Crippen LogP contribution in [0, 0.1) is 6.92 Å². The number of hydrogen-bond acceptors (Lipinski definition) is 4. The molecule has 100 valence electrons. The van der Waals surface area contributed by atoms with Crippen LogP contribution in [0.3, 0.4) is 0 Å². The molecule has 0 unspecified atom stereocenters. The normalized spacial score (nSPS) is 10.2. The second-order valence-electron chi connectivity index (χ2n) is 4.25. The molecule has 2 aromatic rings. The Kier molecular flexibility index (Phi) is 4.23. The van der Waals surface area contributed by atoms with Gasteiger partial charge in [0.25, 0.3) is 5.88 Å². The van der Waals surface area contributed by atoms with Crippen molar-refractivity contribution in [2.75, 3.05) is 12.3 Å². The third-order valence-electron chi connectivity index (χ3n) is 2.64. The summed E-state index contributed by atoms with van der Waals surface area (Å²) < 4.78 is 11.4. The average molecular weight is 258 g/mol. The quantitative estimate of drug-likeness (QED) is 0.833. The lowest BCUT2D eigenvalue weighted by molar-refractivity contribution is 0.298. The van der Waals surface area contributed by atoms with Crippen LogP contribution in [0.2, 0.25) is 0 Å². The van der Waals surface area contributed by atoms with Crippen molar-refractivity contribution in [3.8, 4) is 17.4 Å². The first kappa shape index (κ1) is 13.2. The van der Waals surface area contributed by atoms with E-state index in [-0.39, 0.29) is 0 Å². The number of hydrogen-bond donors (Lipinski definition) is 1. The SMILES string of the molecule is CCCOc1cccnc1Oc1c(C)cccc1N. The van der Waals surface area contributed by atoms with Gasteiger partial charge >= 0.3 is 0 Å². The fourth-order valence-electron chi connectivity index (χ4n) is 1.69. The number of aryl methyl sites for hydroxylation is 1. The van der Waals surface area contributed by atoms with Gasteiger partial charge in [-0.25, -0.2) is 4.98 Å². The van der Waals surface area contributed by atoms with Gasteiger partial charge in [0.2, 0.25) is 0 Å². The number of nitrogens with two attached hydrogens (primary N) is 1. The van der Waals surface area contributed by atoms with E-state index < -0.39 is 0 Å². The Labute approximate surface area is 113 Å². The van der Waals surface area contributed by atoms with Crippen LogP contribution >= 0.6 is 0 Å². The molecular formula is C15H18N2O2. The maximum absolute atomic E-state index is 5.93. The zero-order valence-corrected chi connectivity index (χ0v) is 11.2. The van der Waals surface area contributed by atoms with Gasteiger partial charge in [0.1, 0.15) is 0 Å². The minimum atomic E-state index is 0.442. The van der Waals surface area contributed by atoms with E-state index in [9.17, 15) is 0 Å². The van der Waals surface area contributed by atoms with Gasteiger partial charge in [-0.15, -0.1) is 0 Å². The van der Waals surface area contributed by atoms with Crippen LogP contribution in [0.4, 0.5) is 5.69 Å². The van der Waals surface area contributed by atoms with E-state index in [1.807, 2.05) is 31.2 Å². The Bertz CT molecular complexity index is 535. The van der Waals surface area contributed by atoms with Gasteiger partial charge in [-0.2, -0.15) is 0 Å². The van der Waals surface area contributed by atoms with E-state index in [2.05, 4.69) is 11.9 Å². The molecule has 0 saturated heterocycles. The minimum Gasteiger partial charge on any atom is -0.488 e. The number of aromatic nitrogens is 1. The van der Waals surface area contributed by atoms with Crippen LogP contribution in [0.25, 0.3) is 0 Å². The van der Waals surface area contributed by atoms with Crippen molar-refractivity contribution >= 4 is 5.69 Å². The molecule has 4 nitrogen and oxygen atoms in total. The second-order valence-corrected chi connectivity index (χ2v) is 4.25. The van der Waals surface area contributed by atoms with E-state index in [1.54, 1.807) is 12.3 Å². The molecule has 0 spiro atoms. The first-order valence-corrected chi connectivity index (χ1v) is 6.33. The highest BCUT2D eigenvalue weighted by Crippen LogP contribution is 2.34. The highest BCUT2D eigenvalue weighted by Gasteiger charge is 2.11. The third kappa shape index (κ3) is 3.16. The fraction of sp³-hybridized carbons (Fsp3) is 0.267. The van der Waals surface area contributed by atoms with Crippen LogP contribution in [0.15, 0.2) is 36.5 Å². The number of ether oxygens (including phenoxy) is 2. The molecule has 1 heterocycles. The predicted molar refractivity (Wildman–Crippen MR) is 75.7 cm³/mol. The molecule has 4 heteroatoms. The molecule has 0 aliphatic heterocycles. The number of para-hydroxylation sites is 1. The smallest absolute Gasteiger partial charge is 0.262 e. The third-order valence-corrected chi connectivity index (χ3v) is 2.64. The van der Waals surface area contributed by atoms with Crippen LogP contribution < -0.4 is 15.2 Å². The summed E-state index contributed by atoms with van der Waals surface area (Å²) in [7, 11) is 0. The summed E-state index contributed by atoms with van der Waals surface area (Å²) in [4.78, 5) is 4.21. The van der Waals surface area contributed by atoms with Gasteiger partial charge in [0, 0.05) is 6.20 Å². The predicted octanol–water partition coefficient (Wildman–Crippen LogP) is 3.55. The lowest BCUT2D eigenvalue weighted by Gasteiger charge is -2.13. The van der Waals surface area contributed by atoms with Crippen molar-refractivity contribution in [2.24, 2.45) is 0 Å². The molecule has 0 aliphatic carbocycles. The highest BCUT2D eigenvalue weighted by atomic mass is 16.5. The van der Waals surface area contributed by atoms with Crippen LogP contribution in [-0.4, -0.2) is 11.6 Å². The van der Waals surface area contributed by atoms with Crippen molar-refractivity contribution in [3.05, 3.63) is 42.1 Å². The monoisotopic (exact) mass is 258 g/mol. The van der Waals surface area contributed by atoms with Gasteiger partial charge in [-0.3, -0.25) is 0 Å². The summed E-state index contributed by atoms with van der Waals surface area (Å²) >= 11 is 0. The van der Waals surface area contributed by atoms with E-state index in [0.29, 0.717) is 29.7 Å². The summed E-state index contributed by atoms with van der Waals surface area (Å²) in [5.74, 6) is 1.70. The Balaban J connectivity index is 2.28. The van der Waals surface area contributed by atoms with E-state index >= 15 is 0 Å². The van der Waals surface area contributed by atoms with Gasteiger partial charge in [-0.05, 0) is 37.1 Å². The lowest BCUT2D eigenvalue weighted by Crippen LogP contribution is -2.00. The van der Waals surface area contributed by atoms with Crippen molar-refractivity contribution in [1.29, 1.82) is 0 Å². The summed E-state index contributed by atoms with van der Waals surface area (Å²) in [6.45, 7) is 4.63. The molecule has 0 amide bonds. The van der Waals surface area contributed by atoms with Crippen molar-refractivity contribution in [2.45, 2.75) is 20.3 Å². The standard InChI is InChI=1S/C15H18N2O2/c1-3-10-18-13-8-5-9-17-15(13)19-14-11(2)6-4-7-12(14)16/h4-9H,3,10,16H2,1-2H3. The molecule has 0 aliphatic rings. The maximum Gasteiger partial charge on any atom is 0.262 e. The Morgan fingerprint density at radius 2 is 2.05 bits per heavy atom. The number of nitrogen functional groups attached to an aromatic ring is 1. The van der Waals surface area contributed by atoms with Gasteiger partial charge in [-0.1, -0.05) is 19.1 Å². The number of pyridine rings is 1. The molecular weight excluding hydrogens is 240 g/mol. The lowest BCUT2D eigenvalue weighted by atomic mass is 10.2. The molecule has 0 fully saturated rings. The Morgan fingerprint density at radius 3 is 2.79 bits per heavy atom. The van der Waals surface area contributed by atoms with Gasteiger partial charge in [0.15, 0.2) is 11.5 Å². The second kappa shape index (κ2) is 6.09. The summed E-state index contributed by atoms with van der Waals surface area (Å²) in [5.41, 5.74) is 7.48. The molecule has 1 aromatic heterocycles. The summed E-state index contributed by atoms with van der Waals surface area (Å²) in [6.07, 6.45) is 2.60. The first-order chi connectivity index (χ1) is 9.22. The maximum atomic E-state index is 5.93. The van der Waals surface area contributed by atoms with Crippen molar-refractivity contribution in [1.82, 2.24) is 4.98 Å². The Morgan fingerprint density at radius 1 is 1.21 bits per heavy atom.